The van der Waals surface area contributed by atoms with E-state index in [1.165, 1.54) is 6.92 Å². The molecule has 140 valence electrons. The fraction of sp³-hybridized carbons (Fsp3) is 0.818. The van der Waals surface area contributed by atoms with Gasteiger partial charge < -0.3 is 21.3 Å². The molecule has 1 fully saturated rings. The number of thioether (sulfide) groups is 1. The molecule has 1 aliphatic rings. The summed E-state index contributed by atoms with van der Waals surface area (Å²) in [6, 6.07) is -1.03. The van der Waals surface area contributed by atoms with E-state index >= 15 is 0 Å². The SMILES string of the molecule is CCS(=O)(=O)O.CSCCC(N)C(=O)O.Cl.NC1CCOC1=O. The van der Waals surface area contributed by atoms with Crippen molar-refractivity contribution in [3.63, 3.8) is 0 Å². The van der Waals surface area contributed by atoms with Crippen LogP contribution in [0.3, 0.4) is 0 Å². The number of hydrogen-bond donors (Lipinski definition) is 4. The lowest BCUT2D eigenvalue weighted by atomic mass is 10.2. The first kappa shape index (κ1) is 27.3. The Bertz CT molecular complexity index is 434. The summed E-state index contributed by atoms with van der Waals surface area (Å²) >= 11 is 1.60. The molecule has 6 N–H and O–H groups in total. The number of hydrogen-bond acceptors (Lipinski definition) is 8. The van der Waals surface area contributed by atoms with Crippen molar-refractivity contribution in [2.75, 3.05) is 24.4 Å². The van der Waals surface area contributed by atoms with Crippen LogP contribution in [0.5, 0.6) is 0 Å². The molecule has 0 aliphatic carbocycles. The van der Waals surface area contributed by atoms with E-state index < -0.39 is 22.1 Å². The van der Waals surface area contributed by atoms with Gasteiger partial charge in [0.25, 0.3) is 10.1 Å². The molecular formula is C11H25ClN2O7S2. The van der Waals surface area contributed by atoms with E-state index in [0.29, 0.717) is 19.4 Å². The average Bonchev–Trinajstić information content (AvgIpc) is 2.80. The number of carboxylic acids is 1. The van der Waals surface area contributed by atoms with Crippen LogP contribution in [0.25, 0.3) is 0 Å². The van der Waals surface area contributed by atoms with Gasteiger partial charge in [-0.3, -0.25) is 14.1 Å². The summed E-state index contributed by atoms with van der Waals surface area (Å²) in [6.45, 7) is 1.87. The molecule has 0 aromatic heterocycles. The third-order valence-corrected chi connectivity index (χ3v) is 3.66. The van der Waals surface area contributed by atoms with Gasteiger partial charge in [-0.1, -0.05) is 0 Å². The summed E-state index contributed by atoms with van der Waals surface area (Å²) in [7, 11) is -3.66. The lowest BCUT2D eigenvalue weighted by molar-refractivity contribution is -0.139. The number of aliphatic carboxylic acids is 1. The average molecular weight is 397 g/mol. The summed E-state index contributed by atoms with van der Waals surface area (Å²) in [5.74, 6) is -0.565. The topological polar surface area (TPSA) is 170 Å². The number of carbonyl (C=O) groups is 2. The molecule has 1 aliphatic heterocycles. The fourth-order valence-electron chi connectivity index (χ4n) is 0.880. The summed E-state index contributed by atoms with van der Waals surface area (Å²) in [5, 5.41) is 8.27. The van der Waals surface area contributed by atoms with Crippen molar-refractivity contribution in [2.24, 2.45) is 11.5 Å². The smallest absolute Gasteiger partial charge is 0.323 e. The third kappa shape index (κ3) is 19.4. The van der Waals surface area contributed by atoms with E-state index in [-0.39, 0.29) is 30.2 Å². The number of nitrogens with two attached hydrogens (primary N) is 2. The number of halogens is 1. The summed E-state index contributed by atoms with van der Waals surface area (Å²) in [6.07, 6.45) is 3.16. The molecule has 2 atom stereocenters. The first-order valence-corrected chi connectivity index (χ1v) is 9.40. The molecule has 0 saturated carbocycles. The summed E-state index contributed by atoms with van der Waals surface area (Å²) in [4.78, 5) is 20.3. The Hall–Kier alpha value is -0.590. The molecule has 0 amide bonds. The highest BCUT2D eigenvalue weighted by Crippen LogP contribution is 2.01. The second-order valence-corrected chi connectivity index (χ2v) is 6.89. The van der Waals surface area contributed by atoms with E-state index in [1.54, 1.807) is 11.8 Å². The largest absolute Gasteiger partial charge is 0.480 e. The molecule has 12 heteroatoms. The van der Waals surface area contributed by atoms with Crippen molar-refractivity contribution in [2.45, 2.75) is 31.8 Å². The predicted octanol–water partition coefficient (Wildman–Crippen LogP) is -0.272. The van der Waals surface area contributed by atoms with E-state index in [0.717, 1.165) is 5.75 Å². The zero-order chi connectivity index (χ0) is 17.8. The fourth-order valence-corrected chi connectivity index (χ4v) is 1.37. The zero-order valence-electron chi connectivity index (χ0n) is 13.0. The summed E-state index contributed by atoms with van der Waals surface area (Å²) < 4.78 is 31.4. The van der Waals surface area contributed by atoms with E-state index in [1.807, 2.05) is 6.26 Å². The Balaban J connectivity index is -0.000000261. The van der Waals surface area contributed by atoms with Crippen LogP contribution in [0.4, 0.5) is 0 Å². The van der Waals surface area contributed by atoms with E-state index in [9.17, 15) is 18.0 Å². The first-order chi connectivity index (χ1) is 10.0. The number of carboxylic acid groups (broad SMARTS) is 1. The predicted molar refractivity (Wildman–Crippen MR) is 91.5 cm³/mol. The maximum atomic E-state index is 10.2. The Morgan fingerprint density at radius 1 is 1.52 bits per heavy atom. The Kier molecular flexibility index (Phi) is 17.7. The lowest BCUT2D eigenvalue weighted by Gasteiger charge is -2.02. The monoisotopic (exact) mass is 396 g/mol. The maximum Gasteiger partial charge on any atom is 0.323 e. The van der Waals surface area contributed by atoms with Gasteiger partial charge in [0.2, 0.25) is 0 Å². The van der Waals surface area contributed by atoms with Gasteiger partial charge in [0, 0.05) is 6.42 Å². The van der Waals surface area contributed by atoms with E-state index in [2.05, 4.69) is 4.74 Å². The Labute approximate surface area is 146 Å². The number of esters is 1. The number of rotatable bonds is 5. The number of carbonyl (C=O) groups excluding carboxylic acids is 1. The molecule has 1 saturated heterocycles. The maximum absolute atomic E-state index is 10.2. The van der Waals surface area contributed by atoms with Crippen molar-refractivity contribution in [3.05, 3.63) is 0 Å². The molecule has 0 aromatic carbocycles. The van der Waals surface area contributed by atoms with Crippen LogP contribution in [0, 0.1) is 0 Å². The quantitative estimate of drug-likeness (QED) is 0.358. The molecule has 1 rings (SSSR count). The molecule has 2 unspecified atom stereocenters. The minimum Gasteiger partial charge on any atom is -0.480 e. The minimum atomic E-state index is -3.66. The standard InChI is InChI=1S/C5H11NO2S.C4H7NO2.C2H6O3S.ClH/c1-9-3-2-4(6)5(7)8;5-3-1-2-7-4(3)6;1-2-6(3,4)5;/h4H,2-3,6H2,1H3,(H,7,8);3H,1-2,5H2;2H2,1H3,(H,3,4,5);1H. The second-order valence-electron chi connectivity index (χ2n) is 4.16. The van der Waals surface area contributed by atoms with Gasteiger partial charge in [-0.15, -0.1) is 12.4 Å². The van der Waals surface area contributed by atoms with Crippen LogP contribution in [-0.4, -0.2) is 66.5 Å². The van der Waals surface area contributed by atoms with Crippen LogP contribution >= 0.6 is 24.2 Å². The second kappa shape index (κ2) is 15.0. The lowest BCUT2D eigenvalue weighted by Crippen LogP contribution is -2.30. The van der Waals surface area contributed by atoms with Gasteiger partial charge in [-0.2, -0.15) is 20.2 Å². The van der Waals surface area contributed by atoms with Crippen molar-refractivity contribution < 1.29 is 32.4 Å². The van der Waals surface area contributed by atoms with E-state index in [4.69, 9.17) is 21.1 Å². The van der Waals surface area contributed by atoms with Crippen LogP contribution in [0.15, 0.2) is 0 Å². The van der Waals surface area contributed by atoms with Gasteiger partial charge in [0.15, 0.2) is 0 Å². The van der Waals surface area contributed by atoms with Crippen LogP contribution in [0.2, 0.25) is 0 Å². The highest BCUT2D eigenvalue weighted by molar-refractivity contribution is 7.98. The minimum absolute atomic E-state index is 0. The van der Waals surface area contributed by atoms with Crippen LogP contribution in [0.1, 0.15) is 19.8 Å². The van der Waals surface area contributed by atoms with Crippen molar-refractivity contribution in [3.8, 4) is 0 Å². The molecule has 23 heavy (non-hydrogen) atoms. The van der Waals surface area contributed by atoms with Gasteiger partial charge >= 0.3 is 11.9 Å². The van der Waals surface area contributed by atoms with Gasteiger partial charge in [0.1, 0.15) is 12.1 Å². The van der Waals surface area contributed by atoms with Gasteiger partial charge in [-0.05, 0) is 25.4 Å². The Morgan fingerprint density at radius 2 is 2.00 bits per heavy atom. The Morgan fingerprint density at radius 3 is 2.17 bits per heavy atom. The van der Waals surface area contributed by atoms with Crippen LogP contribution in [-0.2, 0) is 24.4 Å². The number of ether oxygens (including phenoxy) is 1. The zero-order valence-corrected chi connectivity index (χ0v) is 15.5. The molecule has 0 bridgehead atoms. The number of cyclic esters (lactones) is 1. The highest BCUT2D eigenvalue weighted by atomic mass is 35.5. The van der Waals surface area contributed by atoms with Crippen molar-refractivity contribution in [1.82, 2.24) is 0 Å². The molecule has 0 spiro atoms. The summed E-state index contributed by atoms with van der Waals surface area (Å²) in [5.41, 5.74) is 10.4. The molecule has 9 nitrogen and oxygen atoms in total. The first-order valence-electron chi connectivity index (χ1n) is 6.39. The molecular weight excluding hydrogens is 372 g/mol. The van der Waals surface area contributed by atoms with Gasteiger partial charge in [0.05, 0.1) is 12.4 Å². The third-order valence-electron chi connectivity index (χ3n) is 2.29. The van der Waals surface area contributed by atoms with Gasteiger partial charge in [-0.25, -0.2) is 0 Å². The molecule has 0 radical (unpaired) electrons. The normalized spacial score (nSPS) is 17.4. The van der Waals surface area contributed by atoms with Crippen molar-refractivity contribution >= 4 is 46.2 Å². The molecule has 1 heterocycles. The highest BCUT2D eigenvalue weighted by Gasteiger charge is 2.21. The molecule has 0 aromatic rings. The van der Waals surface area contributed by atoms with Crippen molar-refractivity contribution in [1.29, 1.82) is 0 Å². The van der Waals surface area contributed by atoms with Crippen LogP contribution < -0.4 is 11.5 Å².